The van der Waals surface area contributed by atoms with Crippen LogP contribution in [0.4, 0.5) is 5.69 Å². The van der Waals surface area contributed by atoms with Crippen molar-refractivity contribution in [2.45, 2.75) is 30.8 Å². The summed E-state index contributed by atoms with van der Waals surface area (Å²) in [5.41, 5.74) is 2.78. The molecule has 0 radical (unpaired) electrons. The van der Waals surface area contributed by atoms with Crippen LogP contribution in [0.5, 0.6) is 0 Å². The Bertz CT molecular complexity index is 1180. The Balaban J connectivity index is 1.66. The van der Waals surface area contributed by atoms with Crippen LogP contribution in [0.25, 0.3) is 0 Å². The van der Waals surface area contributed by atoms with E-state index in [4.69, 9.17) is 0 Å². The van der Waals surface area contributed by atoms with Crippen molar-refractivity contribution in [1.82, 2.24) is 4.31 Å². The fourth-order valence-electron chi connectivity index (χ4n) is 3.93. The smallest absolute Gasteiger partial charge is 0.243 e. The Morgan fingerprint density at radius 2 is 1.65 bits per heavy atom. The number of para-hydroxylation sites is 1. The molecule has 31 heavy (non-hydrogen) atoms. The van der Waals surface area contributed by atoms with Crippen molar-refractivity contribution in [3.8, 4) is 0 Å². The third-order valence-electron chi connectivity index (χ3n) is 5.44. The van der Waals surface area contributed by atoms with E-state index < -0.39 is 10.0 Å². The minimum absolute atomic E-state index is 0.0149. The van der Waals surface area contributed by atoms with E-state index in [1.54, 1.807) is 35.2 Å². The predicted molar refractivity (Wildman–Crippen MR) is 125 cm³/mol. The van der Waals surface area contributed by atoms with E-state index >= 15 is 0 Å². The fraction of sp³-hybridized carbons (Fsp3) is 0.208. The summed E-state index contributed by atoms with van der Waals surface area (Å²) in [7, 11) is -3.85. The largest absolute Gasteiger partial charge is 0.308 e. The van der Waals surface area contributed by atoms with Gasteiger partial charge in [-0.25, -0.2) is 8.42 Å². The summed E-state index contributed by atoms with van der Waals surface area (Å²) in [6.45, 7) is 1.87. The highest BCUT2D eigenvalue weighted by Gasteiger charge is 2.34. The van der Waals surface area contributed by atoms with Gasteiger partial charge < -0.3 is 4.90 Å². The lowest BCUT2D eigenvalue weighted by atomic mass is 10.1. The summed E-state index contributed by atoms with van der Waals surface area (Å²) < 4.78 is 29.0. The number of benzene rings is 3. The molecule has 7 heteroatoms. The molecule has 0 aliphatic carbocycles. The molecule has 3 aromatic carbocycles. The summed E-state index contributed by atoms with van der Waals surface area (Å²) in [5.74, 6) is -0.228. The van der Waals surface area contributed by atoms with Crippen molar-refractivity contribution >= 4 is 37.5 Å². The van der Waals surface area contributed by atoms with Gasteiger partial charge in [0.15, 0.2) is 0 Å². The highest BCUT2D eigenvalue weighted by molar-refractivity contribution is 9.10. The van der Waals surface area contributed by atoms with E-state index in [1.165, 1.54) is 4.31 Å². The maximum absolute atomic E-state index is 13.4. The van der Waals surface area contributed by atoms with Gasteiger partial charge in [0.05, 0.1) is 11.4 Å². The van der Waals surface area contributed by atoms with Gasteiger partial charge >= 0.3 is 0 Å². The number of fused-ring (bicyclic) bond motifs is 1. The quantitative estimate of drug-likeness (QED) is 0.498. The first-order valence-corrected chi connectivity index (χ1v) is 12.3. The lowest BCUT2D eigenvalue weighted by Gasteiger charge is -2.27. The lowest BCUT2D eigenvalue weighted by Crippen LogP contribution is -2.44. The average molecular weight is 499 g/mol. The van der Waals surface area contributed by atoms with Gasteiger partial charge in [-0.1, -0.05) is 64.5 Å². The molecule has 1 atom stereocenters. The van der Waals surface area contributed by atoms with Crippen LogP contribution >= 0.6 is 15.9 Å². The van der Waals surface area contributed by atoms with Crippen molar-refractivity contribution in [3.05, 3.63) is 94.5 Å². The van der Waals surface area contributed by atoms with E-state index in [0.717, 1.165) is 27.7 Å². The number of carbonyl (C=O) groups is 1. The number of nitrogens with zero attached hydrogens (tertiary/aromatic N) is 2. The van der Waals surface area contributed by atoms with Crippen LogP contribution in [-0.4, -0.2) is 31.2 Å². The van der Waals surface area contributed by atoms with Crippen LogP contribution in [-0.2, 0) is 27.8 Å². The zero-order valence-corrected chi connectivity index (χ0v) is 19.5. The predicted octanol–water partition coefficient (Wildman–Crippen LogP) is 4.62. The maximum atomic E-state index is 13.4. The minimum atomic E-state index is -3.85. The molecule has 1 aliphatic rings. The number of anilines is 1. The Labute approximate surface area is 191 Å². The van der Waals surface area contributed by atoms with E-state index in [-0.39, 0.29) is 29.9 Å². The highest BCUT2D eigenvalue weighted by atomic mass is 79.9. The molecule has 1 heterocycles. The number of carbonyl (C=O) groups excluding carboxylic acids is 1. The van der Waals surface area contributed by atoms with Gasteiger partial charge in [-0.3, -0.25) is 4.79 Å². The van der Waals surface area contributed by atoms with E-state index in [2.05, 4.69) is 15.9 Å². The minimum Gasteiger partial charge on any atom is -0.308 e. The molecule has 0 N–H and O–H groups in total. The second kappa shape index (κ2) is 8.94. The van der Waals surface area contributed by atoms with Crippen molar-refractivity contribution in [3.63, 3.8) is 0 Å². The Morgan fingerprint density at radius 1 is 1.00 bits per heavy atom. The summed E-state index contributed by atoms with van der Waals surface area (Å²) in [6, 6.07) is 23.5. The lowest BCUT2D eigenvalue weighted by molar-refractivity contribution is -0.119. The molecule has 0 bridgehead atoms. The Hall–Kier alpha value is -2.48. The van der Waals surface area contributed by atoms with Crippen LogP contribution in [0, 0.1) is 0 Å². The van der Waals surface area contributed by atoms with Crippen molar-refractivity contribution in [1.29, 1.82) is 0 Å². The first-order valence-electron chi connectivity index (χ1n) is 10.1. The topological polar surface area (TPSA) is 57.7 Å². The van der Waals surface area contributed by atoms with Crippen molar-refractivity contribution in [2.75, 3.05) is 11.4 Å². The van der Waals surface area contributed by atoms with Gasteiger partial charge in [0.1, 0.15) is 0 Å². The summed E-state index contributed by atoms with van der Waals surface area (Å²) in [6.07, 6.45) is 0.764. The molecule has 0 spiro atoms. The second-order valence-electron chi connectivity index (χ2n) is 7.66. The molecule has 3 aromatic rings. The molecule has 0 saturated carbocycles. The first-order chi connectivity index (χ1) is 14.9. The van der Waals surface area contributed by atoms with Crippen LogP contribution in [0.3, 0.4) is 0 Å². The number of hydrogen-bond donors (Lipinski definition) is 0. The SMILES string of the molecule is CC1Cc2ccccc2N1C(=O)CN(Cc1ccc(Br)cc1)S(=O)(=O)c1ccccc1. The van der Waals surface area contributed by atoms with Gasteiger partial charge in [0.2, 0.25) is 15.9 Å². The molecule has 0 saturated heterocycles. The summed E-state index contributed by atoms with van der Waals surface area (Å²) >= 11 is 3.40. The summed E-state index contributed by atoms with van der Waals surface area (Å²) in [5, 5.41) is 0. The molecule has 4 rings (SSSR count). The zero-order chi connectivity index (χ0) is 22.0. The number of halogens is 1. The van der Waals surface area contributed by atoms with Crippen molar-refractivity contribution in [2.24, 2.45) is 0 Å². The molecule has 1 unspecified atom stereocenters. The molecule has 1 aliphatic heterocycles. The van der Waals surface area contributed by atoms with Gasteiger partial charge in [0.25, 0.3) is 0 Å². The van der Waals surface area contributed by atoms with Crippen molar-refractivity contribution < 1.29 is 13.2 Å². The third kappa shape index (κ3) is 4.59. The number of hydrogen-bond acceptors (Lipinski definition) is 3. The normalized spacial score (nSPS) is 15.8. The fourth-order valence-corrected chi connectivity index (χ4v) is 5.60. The number of sulfonamides is 1. The molecule has 160 valence electrons. The number of rotatable bonds is 6. The van der Waals surface area contributed by atoms with Gasteiger partial charge in [0, 0.05) is 22.7 Å². The Kier molecular flexibility index (Phi) is 6.27. The van der Waals surface area contributed by atoms with Gasteiger partial charge in [-0.15, -0.1) is 0 Å². The molecule has 0 fully saturated rings. The van der Waals surface area contributed by atoms with Gasteiger partial charge in [-0.05, 0) is 54.8 Å². The van der Waals surface area contributed by atoms with Crippen LogP contribution in [0.15, 0.2) is 88.2 Å². The summed E-state index contributed by atoms with van der Waals surface area (Å²) in [4.78, 5) is 15.3. The molecular weight excluding hydrogens is 476 g/mol. The molecule has 0 aromatic heterocycles. The molecule has 1 amide bonds. The monoisotopic (exact) mass is 498 g/mol. The molecular formula is C24H23BrN2O3S. The highest BCUT2D eigenvalue weighted by Crippen LogP contribution is 2.32. The van der Waals surface area contributed by atoms with Gasteiger partial charge in [-0.2, -0.15) is 4.31 Å². The number of amides is 1. The Morgan fingerprint density at radius 3 is 2.35 bits per heavy atom. The third-order valence-corrected chi connectivity index (χ3v) is 7.78. The molecule has 5 nitrogen and oxygen atoms in total. The van der Waals surface area contributed by atoms with E-state index in [9.17, 15) is 13.2 Å². The standard InChI is InChI=1S/C24H23BrN2O3S/c1-18-15-20-7-5-6-10-23(20)27(18)24(28)17-26(16-19-11-13-21(25)14-12-19)31(29,30)22-8-3-2-4-9-22/h2-14,18H,15-17H2,1H3. The van der Waals surface area contributed by atoms with E-state index in [1.807, 2.05) is 55.5 Å². The van der Waals surface area contributed by atoms with Crippen LogP contribution in [0.1, 0.15) is 18.1 Å². The van der Waals surface area contributed by atoms with Crippen LogP contribution < -0.4 is 4.90 Å². The maximum Gasteiger partial charge on any atom is 0.243 e. The second-order valence-corrected chi connectivity index (χ2v) is 10.5. The van der Waals surface area contributed by atoms with Crippen LogP contribution in [0.2, 0.25) is 0 Å². The van der Waals surface area contributed by atoms with E-state index in [0.29, 0.717) is 0 Å². The zero-order valence-electron chi connectivity index (χ0n) is 17.1. The first kappa shape index (κ1) is 21.7. The average Bonchev–Trinajstić information content (AvgIpc) is 3.11.